The predicted octanol–water partition coefficient (Wildman–Crippen LogP) is 3.73. The summed E-state index contributed by atoms with van der Waals surface area (Å²) in [4.78, 5) is 14.4. The summed E-state index contributed by atoms with van der Waals surface area (Å²) >= 11 is 0. The van der Waals surface area contributed by atoms with E-state index in [1.54, 1.807) is 0 Å². The molecular weight excluding hydrogens is 248 g/mol. The van der Waals surface area contributed by atoms with Gasteiger partial charge in [-0.1, -0.05) is 46.0 Å². The lowest BCUT2D eigenvalue weighted by Gasteiger charge is -2.25. The zero-order chi connectivity index (χ0) is 14.6. The molecule has 0 aromatic carbocycles. The van der Waals surface area contributed by atoms with Gasteiger partial charge in [0.15, 0.2) is 0 Å². The van der Waals surface area contributed by atoms with E-state index in [1.807, 2.05) is 0 Å². The van der Waals surface area contributed by atoms with Gasteiger partial charge in [0.2, 0.25) is 5.91 Å². The molecule has 1 rings (SSSR count). The first kappa shape index (κ1) is 17.5. The average molecular weight is 282 g/mol. The lowest BCUT2D eigenvalue weighted by Crippen LogP contribution is -2.41. The number of amides is 1. The summed E-state index contributed by atoms with van der Waals surface area (Å²) in [6.45, 7) is 7.36. The Balaban J connectivity index is 2.17. The van der Waals surface area contributed by atoms with Crippen molar-refractivity contribution in [1.82, 2.24) is 10.2 Å². The lowest BCUT2D eigenvalue weighted by atomic mass is 10.1. The second-order valence-electron chi connectivity index (χ2n) is 6.15. The molecule has 20 heavy (non-hydrogen) atoms. The third-order valence-corrected chi connectivity index (χ3v) is 4.19. The van der Waals surface area contributed by atoms with Crippen LogP contribution in [-0.4, -0.2) is 36.5 Å². The van der Waals surface area contributed by atoms with Crippen LogP contribution in [0.2, 0.25) is 0 Å². The van der Waals surface area contributed by atoms with Gasteiger partial charge in [-0.2, -0.15) is 0 Å². The Labute approximate surface area is 125 Å². The third-order valence-electron chi connectivity index (χ3n) is 4.19. The van der Waals surface area contributed by atoms with E-state index < -0.39 is 0 Å². The van der Waals surface area contributed by atoms with Crippen molar-refractivity contribution in [2.75, 3.05) is 19.6 Å². The summed E-state index contributed by atoms with van der Waals surface area (Å²) in [5.41, 5.74) is 0. The zero-order valence-electron chi connectivity index (χ0n) is 13.6. The number of unbranched alkanes of at least 4 members (excludes halogenated alkanes) is 5. The van der Waals surface area contributed by atoms with E-state index in [-0.39, 0.29) is 0 Å². The predicted molar refractivity (Wildman–Crippen MR) is 85.9 cm³/mol. The van der Waals surface area contributed by atoms with Crippen LogP contribution in [0.3, 0.4) is 0 Å². The van der Waals surface area contributed by atoms with E-state index in [0.717, 1.165) is 38.9 Å². The first-order chi connectivity index (χ1) is 9.77. The summed E-state index contributed by atoms with van der Waals surface area (Å²) in [7, 11) is 0. The van der Waals surface area contributed by atoms with Crippen LogP contribution in [0.1, 0.15) is 78.1 Å². The summed E-state index contributed by atoms with van der Waals surface area (Å²) < 4.78 is 0. The lowest BCUT2D eigenvalue weighted by molar-refractivity contribution is -0.131. The zero-order valence-corrected chi connectivity index (χ0v) is 13.6. The molecule has 0 saturated carbocycles. The molecular formula is C17H34N2O. The van der Waals surface area contributed by atoms with Crippen LogP contribution in [0.15, 0.2) is 0 Å². The van der Waals surface area contributed by atoms with Crippen molar-refractivity contribution >= 4 is 5.91 Å². The fourth-order valence-electron chi connectivity index (χ4n) is 2.98. The number of nitrogens with zero attached hydrogens (tertiary/aromatic N) is 1. The van der Waals surface area contributed by atoms with E-state index in [0.29, 0.717) is 11.9 Å². The van der Waals surface area contributed by atoms with Crippen LogP contribution < -0.4 is 5.32 Å². The van der Waals surface area contributed by atoms with Crippen molar-refractivity contribution in [3.8, 4) is 0 Å². The molecule has 0 aliphatic carbocycles. The molecule has 0 radical (unpaired) electrons. The first-order valence-electron chi connectivity index (χ1n) is 8.79. The highest BCUT2D eigenvalue weighted by atomic mass is 16.2. The fourth-order valence-corrected chi connectivity index (χ4v) is 2.98. The molecule has 1 aliphatic rings. The molecule has 0 aromatic heterocycles. The normalized spacial score (nSPS) is 18.4. The Bertz CT molecular complexity index is 249. The van der Waals surface area contributed by atoms with E-state index in [9.17, 15) is 4.79 Å². The van der Waals surface area contributed by atoms with Crippen LogP contribution in [0.4, 0.5) is 0 Å². The van der Waals surface area contributed by atoms with E-state index >= 15 is 0 Å². The first-order valence-corrected chi connectivity index (χ1v) is 8.79. The molecule has 1 fully saturated rings. The summed E-state index contributed by atoms with van der Waals surface area (Å²) in [5.74, 6) is 0.371. The molecule has 1 aliphatic heterocycles. The standard InChI is InChI=1S/C17H34N2O/c1-3-5-6-7-8-9-12-17(20)19(14-4-2)15-16-11-10-13-18-16/h16,18H,3-15H2,1-2H3. The van der Waals surface area contributed by atoms with Crippen LogP contribution in [-0.2, 0) is 4.79 Å². The number of hydrogen-bond acceptors (Lipinski definition) is 2. The maximum atomic E-state index is 12.3. The van der Waals surface area contributed by atoms with Gasteiger partial charge in [0.05, 0.1) is 0 Å². The fraction of sp³-hybridized carbons (Fsp3) is 0.941. The Hall–Kier alpha value is -0.570. The molecule has 0 bridgehead atoms. The minimum Gasteiger partial charge on any atom is -0.341 e. The SMILES string of the molecule is CCCCCCCCC(=O)N(CCC)CC1CCCN1. The smallest absolute Gasteiger partial charge is 0.222 e. The molecule has 0 aromatic rings. The Morgan fingerprint density at radius 3 is 2.50 bits per heavy atom. The van der Waals surface area contributed by atoms with Crippen molar-refractivity contribution in [3.63, 3.8) is 0 Å². The Kier molecular flexibility index (Phi) is 9.73. The van der Waals surface area contributed by atoms with Crippen LogP contribution in [0.5, 0.6) is 0 Å². The molecule has 1 unspecified atom stereocenters. The highest BCUT2D eigenvalue weighted by molar-refractivity contribution is 5.76. The van der Waals surface area contributed by atoms with Crippen molar-refractivity contribution < 1.29 is 4.79 Å². The van der Waals surface area contributed by atoms with Gasteiger partial charge in [-0.25, -0.2) is 0 Å². The van der Waals surface area contributed by atoms with Crippen molar-refractivity contribution in [2.24, 2.45) is 0 Å². The molecule has 3 heteroatoms. The highest BCUT2D eigenvalue weighted by Crippen LogP contribution is 2.11. The Morgan fingerprint density at radius 1 is 1.10 bits per heavy atom. The molecule has 1 heterocycles. The van der Waals surface area contributed by atoms with Crippen LogP contribution in [0, 0.1) is 0 Å². The van der Waals surface area contributed by atoms with Gasteiger partial charge in [-0.05, 0) is 32.2 Å². The summed E-state index contributed by atoms with van der Waals surface area (Å²) in [5, 5.41) is 3.50. The number of nitrogens with one attached hydrogen (secondary N) is 1. The molecule has 118 valence electrons. The molecule has 3 nitrogen and oxygen atoms in total. The van der Waals surface area contributed by atoms with Gasteiger partial charge < -0.3 is 10.2 Å². The monoisotopic (exact) mass is 282 g/mol. The molecule has 0 spiro atoms. The summed E-state index contributed by atoms with van der Waals surface area (Å²) in [6.07, 6.45) is 11.8. The molecule has 1 amide bonds. The molecule has 1 atom stereocenters. The van der Waals surface area contributed by atoms with Crippen LogP contribution in [0.25, 0.3) is 0 Å². The second-order valence-corrected chi connectivity index (χ2v) is 6.15. The maximum Gasteiger partial charge on any atom is 0.222 e. The highest BCUT2D eigenvalue weighted by Gasteiger charge is 2.20. The van der Waals surface area contributed by atoms with Gasteiger partial charge >= 0.3 is 0 Å². The van der Waals surface area contributed by atoms with Crippen LogP contribution >= 0.6 is 0 Å². The number of rotatable bonds is 11. The molecule has 1 N–H and O–H groups in total. The molecule has 1 saturated heterocycles. The minimum atomic E-state index is 0.371. The quantitative estimate of drug-likeness (QED) is 0.586. The second kappa shape index (κ2) is 11.1. The van der Waals surface area contributed by atoms with Gasteiger partial charge in [0.1, 0.15) is 0 Å². The van der Waals surface area contributed by atoms with Gasteiger partial charge in [-0.3, -0.25) is 4.79 Å². The minimum absolute atomic E-state index is 0.371. The Morgan fingerprint density at radius 2 is 1.85 bits per heavy atom. The van der Waals surface area contributed by atoms with Crippen molar-refractivity contribution in [2.45, 2.75) is 84.1 Å². The topological polar surface area (TPSA) is 32.3 Å². The number of carbonyl (C=O) groups is 1. The van der Waals surface area contributed by atoms with Crippen molar-refractivity contribution in [1.29, 1.82) is 0 Å². The van der Waals surface area contributed by atoms with Gasteiger partial charge in [-0.15, -0.1) is 0 Å². The number of carbonyl (C=O) groups excluding carboxylic acids is 1. The maximum absolute atomic E-state index is 12.3. The van der Waals surface area contributed by atoms with Crippen molar-refractivity contribution in [3.05, 3.63) is 0 Å². The largest absolute Gasteiger partial charge is 0.341 e. The van der Waals surface area contributed by atoms with E-state index in [1.165, 1.54) is 44.9 Å². The third kappa shape index (κ3) is 7.28. The van der Waals surface area contributed by atoms with E-state index in [4.69, 9.17) is 0 Å². The number of hydrogen-bond donors (Lipinski definition) is 1. The van der Waals surface area contributed by atoms with E-state index in [2.05, 4.69) is 24.1 Å². The van der Waals surface area contributed by atoms with Gasteiger partial charge in [0, 0.05) is 25.6 Å². The van der Waals surface area contributed by atoms with Gasteiger partial charge in [0.25, 0.3) is 0 Å². The average Bonchev–Trinajstić information content (AvgIpc) is 2.95. The summed E-state index contributed by atoms with van der Waals surface area (Å²) in [6, 6.07) is 0.537.